The van der Waals surface area contributed by atoms with Crippen molar-refractivity contribution in [3.05, 3.63) is 39.8 Å². The zero-order valence-electron chi connectivity index (χ0n) is 11.0. The van der Waals surface area contributed by atoms with Crippen LogP contribution in [-0.2, 0) is 6.54 Å². The van der Waals surface area contributed by atoms with Crippen molar-refractivity contribution in [1.29, 1.82) is 0 Å². The molecule has 102 valence electrons. The fourth-order valence-corrected chi connectivity index (χ4v) is 2.85. The van der Waals surface area contributed by atoms with Crippen LogP contribution in [0.15, 0.2) is 34.1 Å². The fraction of sp³-hybridized carbons (Fsp3) is 0.231. The van der Waals surface area contributed by atoms with Crippen molar-refractivity contribution in [3.8, 4) is 5.13 Å². The summed E-state index contributed by atoms with van der Waals surface area (Å²) in [7, 11) is 0. The molecule has 6 nitrogen and oxygen atoms in total. The molecule has 0 fully saturated rings. The highest BCUT2D eigenvalue weighted by Gasteiger charge is 2.16. The summed E-state index contributed by atoms with van der Waals surface area (Å²) in [6.07, 6.45) is 0. The number of aryl methyl sites for hydroxylation is 1. The number of benzene rings is 1. The predicted octanol–water partition coefficient (Wildman–Crippen LogP) is 1.65. The average Bonchev–Trinajstić information content (AvgIpc) is 2.98. The number of hydrogen-bond acceptors (Lipinski definition) is 5. The van der Waals surface area contributed by atoms with Gasteiger partial charge in [-0.25, -0.2) is 9.36 Å². The second-order valence-corrected chi connectivity index (χ2v) is 5.47. The van der Waals surface area contributed by atoms with Crippen LogP contribution in [0.25, 0.3) is 16.2 Å². The summed E-state index contributed by atoms with van der Waals surface area (Å²) < 4.78 is 3.30. The van der Waals surface area contributed by atoms with Gasteiger partial charge in [0.2, 0.25) is 5.13 Å². The molecule has 3 aromatic rings. The summed E-state index contributed by atoms with van der Waals surface area (Å²) in [5.41, 5.74) is 1.58. The molecule has 0 aliphatic rings. The Kier molecular flexibility index (Phi) is 3.19. The Bertz CT molecular complexity index is 829. The minimum absolute atomic E-state index is 0.119. The summed E-state index contributed by atoms with van der Waals surface area (Å²) in [6.45, 7) is 6.34. The normalized spacial score (nSPS) is 11.1. The Morgan fingerprint density at radius 1 is 1.30 bits per heavy atom. The van der Waals surface area contributed by atoms with E-state index in [1.165, 1.54) is 11.3 Å². The van der Waals surface area contributed by atoms with Gasteiger partial charge >= 0.3 is 5.69 Å². The SMILES string of the molecule is C=NCCn1c(=O)n(-c2nnc(C)s2)c2ccccc21. The van der Waals surface area contributed by atoms with E-state index < -0.39 is 0 Å². The third kappa shape index (κ3) is 1.96. The molecule has 0 aliphatic carbocycles. The molecule has 0 unspecified atom stereocenters. The Morgan fingerprint density at radius 3 is 2.70 bits per heavy atom. The summed E-state index contributed by atoms with van der Waals surface area (Å²) >= 11 is 1.40. The summed E-state index contributed by atoms with van der Waals surface area (Å²) in [6, 6.07) is 7.65. The van der Waals surface area contributed by atoms with Crippen LogP contribution in [-0.4, -0.2) is 32.6 Å². The maximum atomic E-state index is 12.6. The predicted molar refractivity (Wildman–Crippen MR) is 80.2 cm³/mol. The van der Waals surface area contributed by atoms with Crippen LogP contribution in [0.5, 0.6) is 0 Å². The van der Waals surface area contributed by atoms with E-state index in [2.05, 4.69) is 21.9 Å². The molecule has 0 spiro atoms. The number of fused-ring (bicyclic) bond motifs is 1. The lowest BCUT2D eigenvalue weighted by Gasteiger charge is -1.98. The summed E-state index contributed by atoms with van der Waals surface area (Å²) in [5, 5.41) is 9.48. The second kappa shape index (κ2) is 5.01. The molecular formula is C13H13N5OS. The number of imidazole rings is 1. The molecule has 2 heterocycles. The fourth-order valence-electron chi connectivity index (χ4n) is 2.16. The van der Waals surface area contributed by atoms with Gasteiger partial charge in [0.25, 0.3) is 0 Å². The van der Waals surface area contributed by atoms with Gasteiger partial charge < -0.3 is 0 Å². The first-order chi connectivity index (χ1) is 9.72. The number of para-hydroxylation sites is 2. The van der Waals surface area contributed by atoms with E-state index in [0.717, 1.165) is 16.0 Å². The van der Waals surface area contributed by atoms with E-state index in [1.807, 2.05) is 31.2 Å². The lowest BCUT2D eigenvalue weighted by atomic mass is 10.3. The first kappa shape index (κ1) is 12.7. The number of nitrogens with zero attached hydrogens (tertiary/aromatic N) is 5. The number of aromatic nitrogens is 4. The Hall–Kier alpha value is -2.28. The highest BCUT2D eigenvalue weighted by atomic mass is 32.1. The van der Waals surface area contributed by atoms with E-state index in [0.29, 0.717) is 18.2 Å². The molecule has 0 atom stereocenters. The largest absolute Gasteiger partial charge is 0.335 e. The zero-order valence-corrected chi connectivity index (χ0v) is 11.8. The quantitative estimate of drug-likeness (QED) is 0.685. The lowest BCUT2D eigenvalue weighted by Crippen LogP contribution is -2.24. The molecule has 3 rings (SSSR count). The highest BCUT2D eigenvalue weighted by Crippen LogP contribution is 2.19. The van der Waals surface area contributed by atoms with E-state index >= 15 is 0 Å². The summed E-state index contributed by atoms with van der Waals surface area (Å²) in [4.78, 5) is 16.4. The smallest absolute Gasteiger partial charge is 0.299 e. The molecule has 0 saturated carbocycles. The molecule has 0 aliphatic heterocycles. The van der Waals surface area contributed by atoms with Crippen molar-refractivity contribution in [2.75, 3.05) is 6.54 Å². The monoisotopic (exact) mass is 287 g/mol. The number of hydrogen-bond donors (Lipinski definition) is 0. The van der Waals surface area contributed by atoms with Gasteiger partial charge in [0.15, 0.2) is 0 Å². The van der Waals surface area contributed by atoms with E-state index in [9.17, 15) is 4.79 Å². The van der Waals surface area contributed by atoms with E-state index in [4.69, 9.17) is 0 Å². The average molecular weight is 287 g/mol. The Balaban J connectivity index is 2.29. The van der Waals surface area contributed by atoms with Crippen LogP contribution in [0.4, 0.5) is 0 Å². The highest BCUT2D eigenvalue weighted by molar-refractivity contribution is 7.13. The van der Waals surface area contributed by atoms with Crippen molar-refractivity contribution >= 4 is 29.1 Å². The lowest BCUT2D eigenvalue weighted by molar-refractivity contribution is 0.691. The van der Waals surface area contributed by atoms with Gasteiger partial charge in [-0.1, -0.05) is 23.5 Å². The van der Waals surface area contributed by atoms with Crippen molar-refractivity contribution in [2.24, 2.45) is 4.99 Å². The number of aliphatic imine (C=N–C) groups is 1. The van der Waals surface area contributed by atoms with Crippen LogP contribution >= 0.6 is 11.3 Å². The van der Waals surface area contributed by atoms with Gasteiger partial charge in [0, 0.05) is 6.54 Å². The van der Waals surface area contributed by atoms with E-state index in [1.54, 1.807) is 9.13 Å². The van der Waals surface area contributed by atoms with Crippen molar-refractivity contribution in [1.82, 2.24) is 19.3 Å². The summed E-state index contributed by atoms with van der Waals surface area (Å²) in [5.74, 6) is 0. The van der Waals surface area contributed by atoms with Crippen LogP contribution in [0.1, 0.15) is 5.01 Å². The Morgan fingerprint density at radius 2 is 2.05 bits per heavy atom. The maximum Gasteiger partial charge on any atom is 0.335 e. The van der Waals surface area contributed by atoms with Crippen molar-refractivity contribution < 1.29 is 0 Å². The van der Waals surface area contributed by atoms with Gasteiger partial charge in [0.05, 0.1) is 17.6 Å². The molecule has 20 heavy (non-hydrogen) atoms. The van der Waals surface area contributed by atoms with Gasteiger partial charge in [0.1, 0.15) is 5.01 Å². The molecule has 7 heteroatoms. The maximum absolute atomic E-state index is 12.6. The molecule has 0 bridgehead atoms. The van der Waals surface area contributed by atoms with Gasteiger partial charge in [-0.05, 0) is 25.8 Å². The third-order valence-electron chi connectivity index (χ3n) is 3.02. The Labute approximate surface area is 119 Å². The molecular weight excluding hydrogens is 274 g/mol. The minimum Gasteiger partial charge on any atom is -0.299 e. The molecule has 0 saturated heterocycles. The van der Waals surface area contributed by atoms with E-state index in [-0.39, 0.29) is 5.69 Å². The van der Waals surface area contributed by atoms with Crippen LogP contribution < -0.4 is 5.69 Å². The van der Waals surface area contributed by atoms with Crippen LogP contribution in [0.3, 0.4) is 0 Å². The molecule has 0 N–H and O–H groups in total. The third-order valence-corrected chi connectivity index (χ3v) is 3.85. The molecule has 0 amide bonds. The molecule has 1 aromatic carbocycles. The van der Waals surface area contributed by atoms with Crippen molar-refractivity contribution in [2.45, 2.75) is 13.5 Å². The topological polar surface area (TPSA) is 65.1 Å². The molecule has 2 aromatic heterocycles. The van der Waals surface area contributed by atoms with Crippen LogP contribution in [0, 0.1) is 6.92 Å². The zero-order chi connectivity index (χ0) is 14.1. The first-order valence-electron chi connectivity index (χ1n) is 6.15. The number of rotatable bonds is 4. The van der Waals surface area contributed by atoms with Crippen LogP contribution in [0.2, 0.25) is 0 Å². The first-order valence-corrected chi connectivity index (χ1v) is 6.97. The molecule has 0 radical (unpaired) electrons. The van der Waals surface area contributed by atoms with Gasteiger partial charge in [-0.3, -0.25) is 9.56 Å². The van der Waals surface area contributed by atoms with Gasteiger partial charge in [-0.15, -0.1) is 10.2 Å². The standard InChI is InChI=1S/C13H13N5OS/c1-9-15-16-12(20-9)18-11-6-4-3-5-10(11)17(13(18)19)8-7-14-2/h3-6H,2,7-8H2,1H3. The minimum atomic E-state index is -0.119. The van der Waals surface area contributed by atoms with Gasteiger partial charge in [-0.2, -0.15) is 0 Å². The van der Waals surface area contributed by atoms with Crippen molar-refractivity contribution in [3.63, 3.8) is 0 Å². The second-order valence-electron chi connectivity index (χ2n) is 4.31.